The zero-order chi connectivity index (χ0) is 7.56. The minimum atomic E-state index is -0.156. The van der Waals surface area contributed by atoms with Crippen molar-refractivity contribution in [1.29, 1.82) is 0 Å². The molecular weight excluding hydrogens is 130 g/mol. The molecule has 58 valence electrons. The Morgan fingerprint density at radius 2 is 2.40 bits per heavy atom. The van der Waals surface area contributed by atoms with Gasteiger partial charge in [-0.1, -0.05) is 0 Å². The van der Waals surface area contributed by atoms with Crippen molar-refractivity contribution in [1.82, 2.24) is 5.32 Å². The molecule has 1 fully saturated rings. The van der Waals surface area contributed by atoms with Crippen molar-refractivity contribution >= 4 is 5.91 Å². The van der Waals surface area contributed by atoms with Gasteiger partial charge >= 0.3 is 0 Å². The van der Waals surface area contributed by atoms with Gasteiger partial charge in [0.15, 0.2) is 0 Å². The first-order chi connectivity index (χ1) is 4.74. The summed E-state index contributed by atoms with van der Waals surface area (Å²) in [5, 5.41) is 11.5. The summed E-state index contributed by atoms with van der Waals surface area (Å²) in [6, 6.07) is 0.287. The molecule has 3 heteroatoms. The molecule has 0 unspecified atom stereocenters. The maximum atomic E-state index is 11.0. The smallest absolute Gasteiger partial charge is 0.225 e. The van der Waals surface area contributed by atoms with Crippen LogP contribution in [0.5, 0.6) is 0 Å². The summed E-state index contributed by atoms with van der Waals surface area (Å²) in [6.45, 7) is 1.96. The molecule has 3 nitrogen and oxygen atoms in total. The standard InChI is InChI=1S/C7H13NO2/c1-5-2-3-6(4-9)7(10)8-5/h5-6,9H,2-4H2,1H3,(H,8,10)/t5-,6-/m1/s1. The van der Waals surface area contributed by atoms with Gasteiger partial charge in [-0.3, -0.25) is 4.79 Å². The highest BCUT2D eigenvalue weighted by molar-refractivity contribution is 5.79. The number of hydrogen-bond donors (Lipinski definition) is 2. The molecule has 2 N–H and O–H groups in total. The third-order valence-electron chi connectivity index (χ3n) is 1.93. The van der Waals surface area contributed by atoms with Crippen LogP contribution in [-0.2, 0) is 4.79 Å². The molecule has 0 aromatic carbocycles. The second kappa shape index (κ2) is 3.01. The van der Waals surface area contributed by atoms with E-state index in [-0.39, 0.29) is 24.5 Å². The van der Waals surface area contributed by atoms with Crippen molar-refractivity contribution in [2.24, 2.45) is 5.92 Å². The van der Waals surface area contributed by atoms with E-state index in [1.165, 1.54) is 0 Å². The molecule has 1 heterocycles. The lowest BCUT2D eigenvalue weighted by molar-refractivity contribution is -0.128. The monoisotopic (exact) mass is 143 g/mol. The molecule has 1 aliphatic rings. The predicted molar refractivity (Wildman–Crippen MR) is 37.4 cm³/mol. The van der Waals surface area contributed by atoms with E-state index in [2.05, 4.69) is 5.32 Å². The van der Waals surface area contributed by atoms with Crippen LogP contribution in [0.25, 0.3) is 0 Å². The summed E-state index contributed by atoms with van der Waals surface area (Å²) in [5.74, 6) is -0.155. The quantitative estimate of drug-likeness (QED) is 0.538. The third kappa shape index (κ3) is 1.48. The fraction of sp³-hybridized carbons (Fsp3) is 0.857. The van der Waals surface area contributed by atoms with Crippen molar-refractivity contribution in [2.75, 3.05) is 6.61 Å². The second-order valence-corrected chi connectivity index (χ2v) is 2.87. The van der Waals surface area contributed by atoms with Crippen LogP contribution in [0.15, 0.2) is 0 Å². The van der Waals surface area contributed by atoms with E-state index in [1.54, 1.807) is 0 Å². The Hall–Kier alpha value is -0.570. The zero-order valence-corrected chi connectivity index (χ0v) is 6.13. The van der Waals surface area contributed by atoms with Crippen LogP contribution in [0.3, 0.4) is 0 Å². The minimum absolute atomic E-state index is 0.00116. The van der Waals surface area contributed by atoms with Crippen LogP contribution in [-0.4, -0.2) is 23.7 Å². The van der Waals surface area contributed by atoms with Gasteiger partial charge in [-0.05, 0) is 19.8 Å². The number of hydrogen-bond acceptors (Lipinski definition) is 2. The normalized spacial score (nSPS) is 33.6. The fourth-order valence-electron chi connectivity index (χ4n) is 1.19. The van der Waals surface area contributed by atoms with Gasteiger partial charge < -0.3 is 10.4 Å². The highest BCUT2D eigenvalue weighted by Crippen LogP contribution is 2.13. The van der Waals surface area contributed by atoms with E-state index in [0.717, 1.165) is 12.8 Å². The summed E-state index contributed by atoms with van der Waals surface area (Å²) in [5.41, 5.74) is 0. The SMILES string of the molecule is C[C@@H]1CC[C@H](CO)C(=O)N1. The molecule has 1 amide bonds. The van der Waals surface area contributed by atoms with Crippen LogP contribution >= 0.6 is 0 Å². The van der Waals surface area contributed by atoms with Gasteiger partial charge in [0.1, 0.15) is 0 Å². The molecule has 0 aliphatic carbocycles. The Balaban J connectivity index is 2.43. The summed E-state index contributed by atoms with van der Waals surface area (Å²) < 4.78 is 0. The predicted octanol–water partition coefficient (Wildman–Crippen LogP) is -0.107. The summed E-state index contributed by atoms with van der Waals surface area (Å²) >= 11 is 0. The van der Waals surface area contributed by atoms with Crippen LogP contribution in [0.2, 0.25) is 0 Å². The minimum Gasteiger partial charge on any atom is -0.396 e. The van der Waals surface area contributed by atoms with Gasteiger partial charge in [-0.2, -0.15) is 0 Å². The van der Waals surface area contributed by atoms with Crippen LogP contribution in [0.1, 0.15) is 19.8 Å². The maximum absolute atomic E-state index is 11.0. The Labute approximate surface area is 60.4 Å². The summed E-state index contributed by atoms with van der Waals surface area (Å²) in [4.78, 5) is 11.0. The molecule has 0 saturated carbocycles. The Bertz CT molecular complexity index is 136. The van der Waals surface area contributed by atoms with E-state index in [1.807, 2.05) is 6.92 Å². The molecule has 1 aliphatic heterocycles. The largest absolute Gasteiger partial charge is 0.396 e. The first kappa shape index (κ1) is 7.54. The van der Waals surface area contributed by atoms with Crippen molar-refractivity contribution < 1.29 is 9.90 Å². The van der Waals surface area contributed by atoms with E-state index >= 15 is 0 Å². The number of rotatable bonds is 1. The van der Waals surface area contributed by atoms with Gasteiger partial charge in [0.2, 0.25) is 5.91 Å². The number of piperidine rings is 1. The molecule has 2 atom stereocenters. The van der Waals surface area contributed by atoms with Crippen molar-refractivity contribution in [2.45, 2.75) is 25.8 Å². The molecule has 1 saturated heterocycles. The van der Waals surface area contributed by atoms with Crippen LogP contribution in [0.4, 0.5) is 0 Å². The zero-order valence-electron chi connectivity index (χ0n) is 6.13. The van der Waals surface area contributed by atoms with Gasteiger partial charge in [-0.15, -0.1) is 0 Å². The van der Waals surface area contributed by atoms with Crippen molar-refractivity contribution in [3.63, 3.8) is 0 Å². The van der Waals surface area contributed by atoms with E-state index < -0.39 is 0 Å². The summed E-state index contributed by atoms with van der Waals surface area (Å²) in [7, 11) is 0. The van der Waals surface area contributed by atoms with Gasteiger partial charge in [0.25, 0.3) is 0 Å². The van der Waals surface area contributed by atoms with E-state index in [0.29, 0.717) is 0 Å². The molecule has 0 bridgehead atoms. The molecule has 10 heavy (non-hydrogen) atoms. The molecule has 0 aromatic rings. The van der Waals surface area contributed by atoms with E-state index in [4.69, 9.17) is 5.11 Å². The lowest BCUT2D eigenvalue weighted by atomic mass is 9.95. The first-order valence-corrected chi connectivity index (χ1v) is 3.65. The van der Waals surface area contributed by atoms with Crippen molar-refractivity contribution in [3.8, 4) is 0 Å². The molecule has 0 spiro atoms. The lowest BCUT2D eigenvalue weighted by Crippen LogP contribution is -2.43. The lowest BCUT2D eigenvalue weighted by Gasteiger charge is -2.25. The van der Waals surface area contributed by atoms with E-state index in [9.17, 15) is 4.79 Å². The number of nitrogens with one attached hydrogen (secondary N) is 1. The Morgan fingerprint density at radius 3 is 2.90 bits per heavy atom. The van der Waals surface area contributed by atoms with Crippen LogP contribution < -0.4 is 5.32 Å². The number of aliphatic hydroxyl groups is 1. The molecule has 1 rings (SSSR count). The van der Waals surface area contributed by atoms with Gasteiger partial charge in [0, 0.05) is 6.04 Å². The second-order valence-electron chi connectivity index (χ2n) is 2.87. The maximum Gasteiger partial charge on any atom is 0.225 e. The average molecular weight is 143 g/mol. The Kier molecular flexibility index (Phi) is 2.27. The highest BCUT2D eigenvalue weighted by atomic mass is 16.3. The average Bonchev–Trinajstić information content (AvgIpc) is 1.88. The number of carbonyl (C=O) groups is 1. The summed E-state index contributed by atoms with van der Waals surface area (Å²) in [6.07, 6.45) is 1.81. The van der Waals surface area contributed by atoms with Gasteiger partial charge in [-0.25, -0.2) is 0 Å². The molecule has 0 aromatic heterocycles. The first-order valence-electron chi connectivity index (χ1n) is 3.65. The fourth-order valence-corrected chi connectivity index (χ4v) is 1.19. The van der Waals surface area contributed by atoms with Gasteiger partial charge in [0.05, 0.1) is 12.5 Å². The molecule has 0 radical (unpaired) electrons. The topological polar surface area (TPSA) is 49.3 Å². The van der Waals surface area contributed by atoms with Crippen molar-refractivity contribution in [3.05, 3.63) is 0 Å². The highest BCUT2D eigenvalue weighted by Gasteiger charge is 2.24. The number of aliphatic hydroxyl groups excluding tert-OH is 1. The van der Waals surface area contributed by atoms with Crippen LogP contribution in [0, 0.1) is 5.92 Å². The third-order valence-corrected chi connectivity index (χ3v) is 1.93. The Morgan fingerprint density at radius 1 is 1.70 bits per heavy atom. The number of amides is 1. The number of carbonyl (C=O) groups excluding carboxylic acids is 1. The molecular formula is C7H13NO2.